The van der Waals surface area contributed by atoms with Crippen LogP contribution >= 0.6 is 0 Å². The van der Waals surface area contributed by atoms with Crippen molar-refractivity contribution >= 4 is 16.6 Å². The van der Waals surface area contributed by atoms with Gasteiger partial charge in [0, 0.05) is 12.1 Å². The number of alkyl halides is 3. The van der Waals surface area contributed by atoms with Gasteiger partial charge in [0.1, 0.15) is 5.75 Å². The highest BCUT2D eigenvalue weighted by atomic mass is 19.4. The fourth-order valence-corrected chi connectivity index (χ4v) is 2.37. The summed E-state index contributed by atoms with van der Waals surface area (Å²) < 4.78 is 41.5. The molecule has 7 nitrogen and oxygen atoms in total. The van der Waals surface area contributed by atoms with Crippen LogP contribution in [0.2, 0.25) is 0 Å². The van der Waals surface area contributed by atoms with E-state index in [0.29, 0.717) is 5.56 Å². The number of fused-ring (bicyclic) bond motifs is 1. The highest BCUT2D eigenvalue weighted by Gasteiger charge is 2.30. The first kappa shape index (κ1) is 17.4. The summed E-state index contributed by atoms with van der Waals surface area (Å²) in [5.74, 6) is -0.363. The molecule has 3 rings (SSSR count). The first-order valence-electron chi connectivity index (χ1n) is 7.21. The smallest absolute Gasteiger partial charge is 0.406 e. The molecule has 1 heterocycles. The third-order valence-electron chi connectivity index (χ3n) is 3.53. The highest BCUT2D eigenvalue weighted by Crippen LogP contribution is 2.23. The van der Waals surface area contributed by atoms with Crippen LogP contribution in [0.1, 0.15) is 5.56 Å². The van der Waals surface area contributed by atoms with E-state index >= 15 is 0 Å². The number of ether oxygens (including phenoxy) is 1. The van der Waals surface area contributed by atoms with Crippen LogP contribution in [0.3, 0.4) is 0 Å². The van der Waals surface area contributed by atoms with Crippen molar-refractivity contribution in [1.82, 2.24) is 9.55 Å². The third-order valence-corrected chi connectivity index (χ3v) is 3.53. The van der Waals surface area contributed by atoms with Gasteiger partial charge in [-0.25, -0.2) is 4.98 Å². The molecular formula is C16H10F3N3O4. The minimum absolute atomic E-state index is 0.0745. The standard InChI is InChI=1S/C16H10F3N3O4/c17-16(18,19)26-12-4-1-10(2-5-12)8-21-9-20-14-7-11(22(24)25)3-6-13(14)15(21)23/h1-7,9H,8H2. The third kappa shape index (κ3) is 3.79. The van der Waals surface area contributed by atoms with Gasteiger partial charge in [-0.3, -0.25) is 19.5 Å². The molecule has 3 aromatic rings. The van der Waals surface area contributed by atoms with E-state index in [2.05, 4.69) is 9.72 Å². The number of nitrogens with zero attached hydrogens (tertiary/aromatic N) is 3. The molecule has 0 unspecified atom stereocenters. The summed E-state index contributed by atoms with van der Waals surface area (Å²) in [5.41, 5.74) is 0.155. The molecule has 0 aliphatic rings. The molecule has 0 bridgehead atoms. The molecule has 0 saturated heterocycles. The Kier molecular flexibility index (Phi) is 4.33. The molecule has 0 aliphatic carbocycles. The van der Waals surface area contributed by atoms with E-state index in [1.165, 1.54) is 41.2 Å². The topological polar surface area (TPSA) is 87.3 Å². The van der Waals surface area contributed by atoms with Crippen molar-refractivity contribution in [3.8, 4) is 5.75 Å². The minimum Gasteiger partial charge on any atom is -0.406 e. The molecule has 0 amide bonds. The van der Waals surface area contributed by atoms with Crippen molar-refractivity contribution in [2.75, 3.05) is 0 Å². The number of nitro groups is 1. The van der Waals surface area contributed by atoms with Crippen LogP contribution in [-0.4, -0.2) is 20.8 Å². The number of hydrogen-bond donors (Lipinski definition) is 0. The predicted molar refractivity (Wildman–Crippen MR) is 84.9 cm³/mol. The maximum atomic E-state index is 12.4. The molecule has 0 atom stereocenters. The molecule has 0 saturated carbocycles. The number of aromatic nitrogens is 2. The van der Waals surface area contributed by atoms with Crippen LogP contribution in [0.5, 0.6) is 5.75 Å². The summed E-state index contributed by atoms with van der Waals surface area (Å²) in [5, 5.41) is 11.0. The van der Waals surface area contributed by atoms with E-state index in [0.717, 1.165) is 12.1 Å². The number of non-ortho nitro benzene ring substituents is 1. The summed E-state index contributed by atoms with van der Waals surface area (Å²) in [7, 11) is 0. The average Bonchev–Trinajstić information content (AvgIpc) is 2.57. The van der Waals surface area contributed by atoms with E-state index in [4.69, 9.17) is 0 Å². The van der Waals surface area contributed by atoms with Crippen molar-refractivity contribution in [3.05, 3.63) is 74.8 Å². The van der Waals surface area contributed by atoms with Gasteiger partial charge in [-0.05, 0) is 23.8 Å². The van der Waals surface area contributed by atoms with Gasteiger partial charge in [-0.15, -0.1) is 13.2 Å². The molecule has 0 aliphatic heterocycles. The highest BCUT2D eigenvalue weighted by molar-refractivity contribution is 5.79. The van der Waals surface area contributed by atoms with Crippen LogP contribution < -0.4 is 10.3 Å². The summed E-state index contributed by atoms with van der Waals surface area (Å²) in [6, 6.07) is 8.81. The monoisotopic (exact) mass is 365 g/mol. The first-order valence-corrected chi connectivity index (χ1v) is 7.21. The largest absolute Gasteiger partial charge is 0.573 e. The zero-order valence-corrected chi connectivity index (χ0v) is 12.9. The lowest BCUT2D eigenvalue weighted by molar-refractivity contribution is -0.384. The second kappa shape index (κ2) is 6.47. The van der Waals surface area contributed by atoms with Crippen LogP contribution in [0.4, 0.5) is 18.9 Å². The fourth-order valence-electron chi connectivity index (χ4n) is 2.37. The van der Waals surface area contributed by atoms with Gasteiger partial charge in [-0.2, -0.15) is 0 Å². The van der Waals surface area contributed by atoms with Crippen molar-refractivity contribution in [1.29, 1.82) is 0 Å². The molecule has 0 N–H and O–H groups in total. The Morgan fingerprint density at radius 3 is 2.46 bits per heavy atom. The van der Waals surface area contributed by atoms with E-state index in [-0.39, 0.29) is 28.9 Å². The lowest BCUT2D eigenvalue weighted by Crippen LogP contribution is -2.21. The summed E-state index contributed by atoms with van der Waals surface area (Å²) in [6.45, 7) is 0.0745. The van der Waals surface area contributed by atoms with Gasteiger partial charge in [0.25, 0.3) is 11.2 Å². The number of hydrogen-bond acceptors (Lipinski definition) is 5. The van der Waals surface area contributed by atoms with Crippen molar-refractivity contribution in [2.45, 2.75) is 12.9 Å². The molecule has 2 aromatic carbocycles. The van der Waals surface area contributed by atoms with E-state index in [9.17, 15) is 28.1 Å². The van der Waals surface area contributed by atoms with Crippen molar-refractivity contribution in [2.24, 2.45) is 0 Å². The minimum atomic E-state index is -4.77. The number of rotatable bonds is 4. The maximum absolute atomic E-state index is 12.4. The Morgan fingerprint density at radius 2 is 1.85 bits per heavy atom. The lowest BCUT2D eigenvalue weighted by Gasteiger charge is -2.10. The summed E-state index contributed by atoms with van der Waals surface area (Å²) >= 11 is 0. The Hall–Kier alpha value is -3.43. The maximum Gasteiger partial charge on any atom is 0.573 e. The molecular weight excluding hydrogens is 355 g/mol. The number of nitro benzene ring substituents is 1. The van der Waals surface area contributed by atoms with Gasteiger partial charge < -0.3 is 4.74 Å². The lowest BCUT2D eigenvalue weighted by atomic mass is 10.2. The zero-order valence-electron chi connectivity index (χ0n) is 12.9. The van der Waals surface area contributed by atoms with E-state index in [1.807, 2.05) is 0 Å². The SMILES string of the molecule is O=c1c2ccc([N+](=O)[O-])cc2ncn1Cc1ccc(OC(F)(F)F)cc1. The van der Waals surface area contributed by atoms with Gasteiger partial charge in [0.05, 0.1) is 28.7 Å². The number of halogens is 3. The van der Waals surface area contributed by atoms with Crippen molar-refractivity contribution in [3.63, 3.8) is 0 Å². The Balaban J connectivity index is 1.87. The van der Waals surface area contributed by atoms with Gasteiger partial charge >= 0.3 is 6.36 Å². The molecule has 0 radical (unpaired) electrons. The molecule has 0 fully saturated rings. The fraction of sp³-hybridized carbons (Fsp3) is 0.125. The molecule has 26 heavy (non-hydrogen) atoms. The van der Waals surface area contributed by atoms with Crippen LogP contribution in [0, 0.1) is 10.1 Å². The van der Waals surface area contributed by atoms with E-state index in [1.54, 1.807) is 0 Å². The van der Waals surface area contributed by atoms with Gasteiger partial charge in [-0.1, -0.05) is 12.1 Å². The Bertz CT molecular complexity index is 1030. The Morgan fingerprint density at radius 1 is 1.15 bits per heavy atom. The normalized spacial score (nSPS) is 11.5. The van der Waals surface area contributed by atoms with Crippen molar-refractivity contribution < 1.29 is 22.8 Å². The predicted octanol–water partition coefficient (Wildman–Crippen LogP) is 3.25. The molecule has 134 valence electrons. The zero-order chi connectivity index (χ0) is 18.9. The van der Waals surface area contributed by atoms with Crippen LogP contribution in [-0.2, 0) is 6.54 Å². The van der Waals surface area contributed by atoms with Crippen LogP contribution in [0.15, 0.2) is 53.6 Å². The Labute approximate surface area is 143 Å². The molecule has 1 aromatic heterocycles. The second-order valence-electron chi connectivity index (χ2n) is 5.33. The van der Waals surface area contributed by atoms with E-state index < -0.39 is 16.8 Å². The van der Waals surface area contributed by atoms with Crippen LogP contribution in [0.25, 0.3) is 10.9 Å². The number of benzene rings is 2. The summed E-state index contributed by atoms with van der Waals surface area (Å²) in [6.07, 6.45) is -3.54. The average molecular weight is 365 g/mol. The molecule has 0 spiro atoms. The first-order chi connectivity index (χ1) is 12.2. The van der Waals surface area contributed by atoms with Gasteiger partial charge in [0.15, 0.2) is 0 Å². The van der Waals surface area contributed by atoms with Gasteiger partial charge in [0.2, 0.25) is 0 Å². The summed E-state index contributed by atoms with van der Waals surface area (Å²) in [4.78, 5) is 26.7. The quantitative estimate of drug-likeness (QED) is 0.523. The second-order valence-corrected chi connectivity index (χ2v) is 5.33. The molecule has 10 heteroatoms.